The molecule has 0 bridgehead atoms. The van der Waals surface area contributed by atoms with Gasteiger partial charge in [0.1, 0.15) is 5.75 Å². The summed E-state index contributed by atoms with van der Waals surface area (Å²) in [5, 5.41) is 3.69. The molecule has 1 aliphatic rings. The van der Waals surface area contributed by atoms with Gasteiger partial charge in [-0.05, 0) is 73.4 Å². The maximum Gasteiger partial charge on any atom is 0.224 e. The fourth-order valence-electron chi connectivity index (χ4n) is 4.31. The molecule has 0 radical (unpaired) electrons. The van der Waals surface area contributed by atoms with E-state index in [-0.39, 0.29) is 18.0 Å². The second kappa shape index (κ2) is 8.23. The molecule has 0 aromatic heterocycles. The van der Waals surface area contributed by atoms with Gasteiger partial charge in [-0.2, -0.15) is 0 Å². The smallest absolute Gasteiger partial charge is 0.224 e. The third-order valence-electron chi connectivity index (χ3n) is 5.81. The minimum atomic E-state index is 0.0756. The Bertz CT molecular complexity index is 1060. The molecule has 154 valence electrons. The van der Waals surface area contributed by atoms with E-state index in [1.165, 1.54) is 5.56 Å². The molecule has 4 rings (SSSR count). The number of benzene rings is 3. The van der Waals surface area contributed by atoms with E-state index in [0.29, 0.717) is 0 Å². The van der Waals surface area contributed by atoms with Crippen LogP contribution in [0.5, 0.6) is 5.75 Å². The zero-order valence-corrected chi connectivity index (χ0v) is 18.0. The lowest BCUT2D eigenvalue weighted by atomic mass is 9.89. The van der Waals surface area contributed by atoms with Gasteiger partial charge in [0, 0.05) is 24.3 Å². The van der Waals surface area contributed by atoms with Gasteiger partial charge in [0.25, 0.3) is 0 Å². The minimum absolute atomic E-state index is 0.0756. The molecule has 1 aliphatic heterocycles. The molecule has 30 heavy (non-hydrogen) atoms. The number of nitrogens with one attached hydrogen (secondary N) is 1. The van der Waals surface area contributed by atoms with Crippen LogP contribution in [0.1, 0.15) is 37.4 Å². The summed E-state index contributed by atoms with van der Waals surface area (Å²) >= 11 is 0. The standard InChI is InChI=1S/C26H28N2O2/c1-17-8-11-22(12-9-17)27-25-14-18(2)28(19(3)29)26-13-10-21(16-24(25)26)20-6-5-7-23(15-20)30-4/h5-13,15-16,18,25,27H,14H2,1-4H3/t18-,25+/m0/s1. The molecule has 3 aromatic rings. The minimum Gasteiger partial charge on any atom is -0.497 e. The van der Waals surface area contributed by atoms with Gasteiger partial charge < -0.3 is 15.0 Å². The van der Waals surface area contributed by atoms with Crippen LogP contribution in [0.2, 0.25) is 0 Å². The number of rotatable bonds is 4. The van der Waals surface area contributed by atoms with Crippen molar-refractivity contribution in [2.75, 3.05) is 17.3 Å². The van der Waals surface area contributed by atoms with Gasteiger partial charge in [0.15, 0.2) is 0 Å². The number of fused-ring (bicyclic) bond motifs is 1. The van der Waals surface area contributed by atoms with Gasteiger partial charge in [-0.15, -0.1) is 0 Å². The predicted molar refractivity (Wildman–Crippen MR) is 123 cm³/mol. The van der Waals surface area contributed by atoms with Crippen molar-refractivity contribution >= 4 is 17.3 Å². The van der Waals surface area contributed by atoms with Crippen molar-refractivity contribution < 1.29 is 9.53 Å². The number of aryl methyl sites for hydroxylation is 1. The molecule has 0 aliphatic carbocycles. The molecule has 3 aromatic carbocycles. The van der Waals surface area contributed by atoms with Crippen molar-refractivity contribution in [2.45, 2.75) is 39.3 Å². The van der Waals surface area contributed by atoms with E-state index in [4.69, 9.17) is 4.74 Å². The summed E-state index contributed by atoms with van der Waals surface area (Å²) in [4.78, 5) is 14.3. The normalized spacial score (nSPS) is 17.9. The molecule has 0 saturated heterocycles. The SMILES string of the molecule is COc1cccc(-c2ccc3c(c2)[C@H](Nc2ccc(C)cc2)C[C@H](C)N3C(C)=O)c1. The molecule has 1 amide bonds. The first-order chi connectivity index (χ1) is 14.5. The van der Waals surface area contributed by atoms with Crippen molar-refractivity contribution in [2.24, 2.45) is 0 Å². The number of methoxy groups -OCH3 is 1. The lowest BCUT2D eigenvalue weighted by molar-refractivity contribution is -0.117. The third-order valence-corrected chi connectivity index (χ3v) is 5.81. The highest BCUT2D eigenvalue weighted by Crippen LogP contribution is 2.41. The summed E-state index contributed by atoms with van der Waals surface area (Å²) in [6.45, 7) is 5.85. The molecule has 2 atom stereocenters. The Morgan fingerprint density at radius 2 is 1.77 bits per heavy atom. The Labute approximate surface area is 178 Å². The fraction of sp³-hybridized carbons (Fsp3) is 0.269. The topological polar surface area (TPSA) is 41.6 Å². The second-order valence-electron chi connectivity index (χ2n) is 8.04. The summed E-state index contributed by atoms with van der Waals surface area (Å²) in [6, 6.07) is 23.1. The quantitative estimate of drug-likeness (QED) is 0.587. The van der Waals surface area contributed by atoms with Gasteiger partial charge >= 0.3 is 0 Å². The first-order valence-corrected chi connectivity index (χ1v) is 10.4. The Morgan fingerprint density at radius 3 is 2.47 bits per heavy atom. The number of hydrogen-bond donors (Lipinski definition) is 1. The maximum absolute atomic E-state index is 12.4. The van der Waals surface area contributed by atoms with Crippen LogP contribution in [-0.2, 0) is 4.79 Å². The largest absolute Gasteiger partial charge is 0.497 e. The van der Waals surface area contributed by atoms with Crippen molar-refractivity contribution in [3.05, 3.63) is 77.9 Å². The van der Waals surface area contributed by atoms with Crippen LogP contribution in [0.3, 0.4) is 0 Å². The zero-order valence-electron chi connectivity index (χ0n) is 18.0. The number of amides is 1. The monoisotopic (exact) mass is 400 g/mol. The molecule has 0 fully saturated rings. The average Bonchev–Trinajstić information content (AvgIpc) is 2.75. The van der Waals surface area contributed by atoms with E-state index in [2.05, 4.69) is 67.7 Å². The second-order valence-corrected chi connectivity index (χ2v) is 8.04. The summed E-state index contributed by atoms with van der Waals surface area (Å²) < 4.78 is 5.40. The Balaban J connectivity index is 1.77. The molecule has 0 unspecified atom stereocenters. The number of ether oxygens (including phenoxy) is 1. The molecule has 4 nitrogen and oxygen atoms in total. The molecule has 0 saturated carbocycles. The molecular formula is C26H28N2O2. The average molecular weight is 401 g/mol. The van der Waals surface area contributed by atoms with Crippen molar-refractivity contribution in [1.29, 1.82) is 0 Å². The van der Waals surface area contributed by atoms with Crippen molar-refractivity contribution in [3.8, 4) is 16.9 Å². The highest BCUT2D eigenvalue weighted by Gasteiger charge is 2.32. The van der Waals surface area contributed by atoms with Crippen molar-refractivity contribution in [1.82, 2.24) is 0 Å². The van der Waals surface area contributed by atoms with E-state index >= 15 is 0 Å². The molecule has 1 N–H and O–H groups in total. The van der Waals surface area contributed by atoms with Gasteiger partial charge in [-0.3, -0.25) is 4.79 Å². The van der Waals surface area contributed by atoms with Crippen LogP contribution in [0.4, 0.5) is 11.4 Å². The fourth-order valence-corrected chi connectivity index (χ4v) is 4.31. The summed E-state index contributed by atoms with van der Waals surface area (Å²) in [7, 11) is 1.68. The Morgan fingerprint density at radius 1 is 1.03 bits per heavy atom. The summed E-state index contributed by atoms with van der Waals surface area (Å²) in [6.07, 6.45) is 0.849. The van der Waals surface area contributed by atoms with Crippen LogP contribution < -0.4 is 15.0 Å². The highest BCUT2D eigenvalue weighted by atomic mass is 16.5. The van der Waals surface area contributed by atoms with Crippen LogP contribution in [0.15, 0.2) is 66.7 Å². The van der Waals surface area contributed by atoms with Crippen molar-refractivity contribution in [3.63, 3.8) is 0 Å². The highest BCUT2D eigenvalue weighted by molar-refractivity contribution is 5.94. The number of carbonyl (C=O) groups is 1. The van der Waals surface area contributed by atoms with Gasteiger partial charge in [-0.25, -0.2) is 0 Å². The Hall–Kier alpha value is -3.27. The number of anilines is 2. The van der Waals surface area contributed by atoms with E-state index in [1.54, 1.807) is 14.0 Å². The van der Waals surface area contributed by atoms with E-state index in [0.717, 1.165) is 40.2 Å². The molecule has 0 spiro atoms. The summed E-state index contributed by atoms with van der Waals surface area (Å²) in [5.41, 5.74) is 6.66. The Kier molecular flexibility index (Phi) is 5.49. The van der Waals surface area contributed by atoms with Crippen LogP contribution >= 0.6 is 0 Å². The number of hydrogen-bond acceptors (Lipinski definition) is 3. The van der Waals surface area contributed by atoms with Gasteiger partial charge in [0.2, 0.25) is 5.91 Å². The molecule has 1 heterocycles. The lowest BCUT2D eigenvalue weighted by Gasteiger charge is -2.39. The zero-order chi connectivity index (χ0) is 21.3. The van der Waals surface area contributed by atoms with Crippen LogP contribution in [0, 0.1) is 6.92 Å². The van der Waals surface area contributed by atoms with Gasteiger partial charge in [-0.1, -0.05) is 35.9 Å². The third kappa shape index (κ3) is 3.90. The van der Waals surface area contributed by atoms with Crippen LogP contribution in [-0.4, -0.2) is 19.1 Å². The van der Waals surface area contributed by atoms with Crippen LogP contribution in [0.25, 0.3) is 11.1 Å². The van der Waals surface area contributed by atoms with E-state index in [1.807, 2.05) is 23.1 Å². The molecular weight excluding hydrogens is 372 g/mol. The molecule has 4 heteroatoms. The number of nitrogens with zero attached hydrogens (tertiary/aromatic N) is 1. The maximum atomic E-state index is 12.4. The first-order valence-electron chi connectivity index (χ1n) is 10.4. The predicted octanol–water partition coefficient (Wildman–Crippen LogP) is 5.97. The van der Waals surface area contributed by atoms with E-state index < -0.39 is 0 Å². The van der Waals surface area contributed by atoms with E-state index in [9.17, 15) is 4.79 Å². The lowest BCUT2D eigenvalue weighted by Crippen LogP contribution is -2.43. The summed E-state index contributed by atoms with van der Waals surface area (Å²) in [5.74, 6) is 0.908. The van der Waals surface area contributed by atoms with Gasteiger partial charge in [0.05, 0.1) is 13.2 Å². The first kappa shape index (κ1) is 20.0. The number of carbonyl (C=O) groups excluding carboxylic acids is 1.